The summed E-state index contributed by atoms with van der Waals surface area (Å²) in [5.41, 5.74) is 2.99. The van der Waals surface area contributed by atoms with E-state index in [9.17, 15) is 13.2 Å². The summed E-state index contributed by atoms with van der Waals surface area (Å²) in [6.45, 7) is 0.282. The Hall–Kier alpha value is -2.71. The van der Waals surface area contributed by atoms with E-state index in [1.807, 2.05) is 17.7 Å². The summed E-state index contributed by atoms with van der Waals surface area (Å²) < 4.78 is 24.3. The number of imidazole rings is 1. The van der Waals surface area contributed by atoms with Crippen molar-refractivity contribution in [3.05, 3.63) is 59.9 Å². The van der Waals surface area contributed by atoms with E-state index >= 15 is 0 Å². The Morgan fingerprint density at radius 1 is 1.21 bits per heavy atom. The van der Waals surface area contributed by atoms with Crippen molar-refractivity contribution in [3.8, 4) is 0 Å². The van der Waals surface area contributed by atoms with E-state index in [-0.39, 0.29) is 17.3 Å². The molecule has 0 aliphatic carbocycles. The van der Waals surface area contributed by atoms with Crippen LogP contribution in [0, 0.1) is 0 Å². The summed E-state index contributed by atoms with van der Waals surface area (Å²) in [6.07, 6.45) is 1.69. The van der Waals surface area contributed by atoms with E-state index in [2.05, 4.69) is 10.3 Å². The maximum atomic E-state index is 12.2. The van der Waals surface area contributed by atoms with E-state index < -0.39 is 10.0 Å². The van der Waals surface area contributed by atoms with E-state index in [0.29, 0.717) is 5.56 Å². The molecule has 0 spiro atoms. The lowest BCUT2D eigenvalue weighted by Crippen LogP contribution is -2.22. The van der Waals surface area contributed by atoms with E-state index in [1.54, 1.807) is 30.6 Å². The van der Waals surface area contributed by atoms with Crippen molar-refractivity contribution in [2.24, 2.45) is 12.2 Å². The molecule has 0 radical (unpaired) electrons. The van der Waals surface area contributed by atoms with Crippen LogP contribution < -0.4 is 10.5 Å². The van der Waals surface area contributed by atoms with Crippen LogP contribution in [0.25, 0.3) is 11.0 Å². The van der Waals surface area contributed by atoms with E-state index in [4.69, 9.17) is 5.14 Å². The van der Waals surface area contributed by atoms with Crippen molar-refractivity contribution in [3.63, 3.8) is 0 Å². The summed E-state index contributed by atoms with van der Waals surface area (Å²) in [5.74, 6) is -0.224. The number of hydrogen-bond donors (Lipinski definition) is 2. The molecule has 3 aromatic rings. The summed E-state index contributed by atoms with van der Waals surface area (Å²) in [4.78, 5) is 16.5. The second kappa shape index (κ2) is 6.06. The number of carbonyl (C=O) groups is 1. The quantitative estimate of drug-likeness (QED) is 0.740. The number of fused-ring (bicyclic) bond motifs is 1. The van der Waals surface area contributed by atoms with Crippen LogP contribution in [0.1, 0.15) is 15.9 Å². The molecule has 0 aliphatic rings. The van der Waals surface area contributed by atoms with Gasteiger partial charge < -0.3 is 9.88 Å². The second-order valence-corrected chi connectivity index (χ2v) is 6.99. The van der Waals surface area contributed by atoms with E-state index in [0.717, 1.165) is 16.6 Å². The Labute approximate surface area is 139 Å². The van der Waals surface area contributed by atoms with Gasteiger partial charge in [-0.25, -0.2) is 18.5 Å². The molecular weight excluding hydrogens is 328 g/mol. The fourth-order valence-corrected chi connectivity index (χ4v) is 2.87. The first kappa shape index (κ1) is 16.2. The molecule has 24 heavy (non-hydrogen) atoms. The van der Waals surface area contributed by atoms with Crippen molar-refractivity contribution >= 4 is 27.0 Å². The van der Waals surface area contributed by atoms with Gasteiger partial charge in [0.2, 0.25) is 10.0 Å². The molecule has 124 valence electrons. The van der Waals surface area contributed by atoms with Gasteiger partial charge in [-0.05, 0) is 35.9 Å². The number of benzene rings is 2. The maximum Gasteiger partial charge on any atom is 0.251 e. The third-order valence-electron chi connectivity index (χ3n) is 3.69. The zero-order valence-corrected chi connectivity index (χ0v) is 13.7. The Balaban J connectivity index is 1.70. The summed E-state index contributed by atoms with van der Waals surface area (Å²) in [7, 11) is -1.82. The van der Waals surface area contributed by atoms with Gasteiger partial charge in [-0.2, -0.15) is 0 Å². The van der Waals surface area contributed by atoms with Gasteiger partial charge in [0.05, 0.1) is 22.3 Å². The van der Waals surface area contributed by atoms with Crippen LogP contribution in [0.2, 0.25) is 0 Å². The minimum Gasteiger partial charge on any atom is -0.348 e. The van der Waals surface area contributed by atoms with Crippen LogP contribution in [0.4, 0.5) is 0 Å². The van der Waals surface area contributed by atoms with Crippen LogP contribution in [-0.2, 0) is 23.6 Å². The van der Waals surface area contributed by atoms with Crippen LogP contribution in [0.15, 0.2) is 53.7 Å². The highest BCUT2D eigenvalue weighted by Crippen LogP contribution is 2.14. The number of hydrogen-bond acceptors (Lipinski definition) is 4. The van der Waals surface area contributed by atoms with Crippen LogP contribution in [0.5, 0.6) is 0 Å². The number of amides is 1. The molecule has 3 N–H and O–H groups in total. The number of nitrogens with one attached hydrogen (secondary N) is 1. The van der Waals surface area contributed by atoms with Gasteiger partial charge in [0, 0.05) is 19.2 Å². The normalized spacial score (nSPS) is 11.6. The molecule has 0 saturated carbocycles. The highest BCUT2D eigenvalue weighted by Gasteiger charge is 2.10. The van der Waals surface area contributed by atoms with Gasteiger partial charge >= 0.3 is 0 Å². The van der Waals surface area contributed by atoms with Crippen molar-refractivity contribution in [1.82, 2.24) is 14.9 Å². The number of rotatable bonds is 4. The number of nitrogens with zero attached hydrogens (tertiary/aromatic N) is 2. The number of nitrogens with two attached hydrogens (primary N) is 1. The summed E-state index contributed by atoms with van der Waals surface area (Å²) >= 11 is 0. The Morgan fingerprint density at radius 2 is 1.92 bits per heavy atom. The molecule has 1 heterocycles. The standard InChI is InChI=1S/C16H16N4O3S/c1-20-10-19-14-8-12(4-7-15(14)20)16(21)18-9-11-2-5-13(6-3-11)24(17,22)23/h2-8,10H,9H2,1H3,(H,18,21)(H2,17,22,23). The maximum absolute atomic E-state index is 12.2. The average molecular weight is 344 g/mol. The molecule has 0 saturated heterocycles. The van der Waals surface area contributed by atoms with Crippen molar-refractivity contribution in [1.29, 1.82) is 0 Å². The average Bonchev–Trinajstić information content (AvgIpc) is 2.93. The lowest BCUT2D eigenvalue weighted by atomic mass is 10.1. The summed E-state index contributed by atoms with van der Waals surface area (Å²) in [5, 5.41) is 7.84. The molecule has 0 bridgehead atoms. The predicted octanol–water partition coefficient (Wildman–Crippen LogP) is 1.15. The molecule has 8 heteroatoms. The van der Waals surface area contributed by atoms with Crippen molar-refractivity contribution in [2.45, 2.75) is 11.4 Å². The van der Waals surface area contributed by atoms with Crippen molar-refractivity contribution in [2.75, 3.05) is 0 Å². The Bertz CT molecular complexity index is 1010. The predicted molar refractivity (Wildman–Crippen MR) is 89.7 cm³/mol. The fourth-order valence-electron chi connectivity index (χ4n) is 2.36. The molecule has 1 aromatic heterocycles. The highest BCUT2D eigenvalue weighted by molar-refractivity contribution is 7.89. The zero-order valence-electron chi connectivity index (χ0n) is 12.9. The fraction of sp³-hybridized carbons (Fsp3) is 0.125. The SMILES string of the molecule is Cn1cnc2cc(C(=O)NCc3ccc(S(N)(=O)=O)cc3)ccc21. The first-order chi connectivity index (χ1) is 11.3. The van der Waals surface area contributed by atoms with E-state index in [1.165, 1.54) is 12.1 Å². The van der Waals surface area contributed by atoms with Crippen molar-refractivity contribution < 1.29 is 13.2 Å². The lowest BCUT2D eigenvalue weighted by molar-refractivity contribution is 0.0951. The largest absolute Gasteiger partial charge is 0.348 e. The molecule has 2 aromatic carbocycles. The molecule has 1 amide bonds. The number of aromatic nitrogens is 2. The molecule has 3 rings (SSSR count). The van der Waals surface area contributed by atoms with Gasteiger partial charge in [-0.3, -0.25) is 4.79 Å². The molecule has 0 fully saturated rings. The van der Waals surface area contributed by atoms with Crippen LogP contribution >= 0.6 is 0 Å². The van der Waals surface area contributed by atoms with Gasteiger partial charge in [0.25, 0.3) is 5.91 Å². The first-order valence-corrected chi connectivity index (χ1v) is 8.70. The highest BCUT2D eigenvalue weighted by atomic mass is 32.2. The topological polar surface area (TPSA) is 107 Å². The third-order valence-corrected chi connectivity index (χ3v) is 4.62. The van der Waals surface area contributed by atoms with Crippen LogP contribution in [-0.4, -0.2) is 23.9 Å². The number of carbonyl (C=O) groups excluding carboxylic acids is 1. The number of sulfonamides is 1. The smallest absolute Gasteiger partial charge is 0.251 e. The molecular formula is C16H16N4O3S. The Kier molecular flexibility index (Phi) is 4.08. The molecule has 0 unspecified atom stereocenters. The lowest BCUT2D eigenvalue weighted by Gasteiger charge is -2.06. The zero-order chi connectivity index (χ0) is 17.3. The number of primary sulfonamides is 1. The minimum atomic E-state index is -3.71. The minimum absolute atomic E-state index is 0.0400. The van der Waals surface area contributed by atoms with Gasteiger partial charge in [0.15, 0.2) is 0 Å². The van der Waals surface area contributed by atoms with Crippen LogP contribution in [0.3, 0.4) is 0 Å². The van der Waals surface area contributed by atoms with Gasteiger partial charge in [-0.15, -0.1) is 0 Å². The Morgan fingerprint density at radius 3 is 2.58 bits per heavy atom. The van der Waals surface area contributed by atoms with Gasteiger partial charge in [0.1, 0.15) is 0 Å². The molecule has 7 nitrogen and oxygen atoms in total. The molecule has 0 atom stereocenters. The monoisotopic (exact) mass is 344 g/mol. The third kappa shape index (κ3) is 3.29. The second-order valence-electron chi connectivity index (χ2n) is 5.43. The summed E-state index contributed by atoms with van der Waals surface area (Å²) in [6, 6.07) is 11.4. The van der Waals surface area contributed by atoms with Gasteiger partial charge in [-0.1, -0.05) is 12.1 Å². The first-order valence-electron chi connectivity index (χ1n) is 7.15. The molecule has 0 aliphatic heterocycles. The number of aryl methyl sites for hydroxylation is 1.